The quantitative estimate of drug-likeness (QED) is 0.210. The van der Waals surface area contributed by atoms with Gasteiger partial charge in [0.2, 0.25) is 5.88 Å². The molecule has 6 rings (SSSR count). The second-order valence-electron chi connectivity index (χ2n) is 11.0. The van der Waals surface area contributed by atoms with Crippen LogP contribution < -0.4 is 26.8 Å². The van der Waals surface area contributed by atoms with Gasteiger partial charge in [-0.05, 0) is 47.9 Å². The molecule has 1 saturated heterocycles. The third-order valence-electron chi connectivity index (χ3n) is 8.06. The number of nitrogens with one attached hydrogen (secondary N) is 2. The predicted molar refractivity (Wildman–Crippen MR) is 175 cm³/mol. The van der Waals surface area contributed by atoms with E-state index in [2.05, 4.69) is 30.7 Å². The van der Waals surface area contributed by atoms with Gasteiger partial charge in [0.05, 0.1) is 32.3 Å². The molecule has 0 aliphatic carbocycles. The summed E-state index contributed by atoms with van der Waals surface area (Å²) in [6.07, 6.45) is 0.802. The van der Waals surface area contributed by atoms with Crippen LogP contribution in [-0.2, 0) is 22.7 Å². The van der Waals surface area contributed by atoms with Gasteiger partial charge in [0.25, 0.3) is 5.56 Å². The van der Waals surface area contributed by atoms with Crippen LogP contribution in [0.3, 0.4) is 0 Å². The number of rotatable bonds is 10. The molecule has 1 aliphatic heterocycles. The molecule has 16 heteroatoms. The summed E-state index contributed by atoms with van der Waals surface area (Å²) in [7, 11) is 4.37. The van der Waals surface area contributed by atoms with Crippen molar-refractivity contribution < 1.29 is 27.9 Å². The maximum atomic E-state index is 15.0. The van der Waals surface area contributed by atoms with Gasteiger partial charge in [-0.1, -0.05) is 18.2 Å². The molecule has 1 atom stereocenters. The van der Waals surface area contributed by atoms with Crippen LogP contribution in [0.1, 0.15) is 17.5 Å². The third-order valence-corrected chi connectivity index (χ3v) is 9.36. The molecule has 4 heterocycles. The average molecular weight is 680 g/mol. The lowest BCUT2D eigenvalue weighted by Crippen LogP contribution is -2.40. The number of amides is 2. The molecular formula is C32H31F2N7O6S. The third kappa shape index (κ3) is 6.42. The Bertz CT molecular complexity index is 2060. The van der Waals surface area contributed by atoms with Crippen LogP contribution in [0.25, 0.3) is 26.5 Å². The Morgan fingerprint density at radius 1 is 0.979 bits per heavy atom. The van der Waals surface area contributed by atoms with Crippen molar-refractivity contribution in [2.45, 2.75) is 25.6 Å². The Labute approximate surface area is 276 Å². The summed E-state index contributed by atoms with van der Waals surface area (Å²) in [6, 6.07) is 12.7. The molecule has 0 spiro atoms. The van der Waals surface area contributed by atoms with E-state index in [0.29, 0.717) is 41.3 Å². The van der Waals surface area contributed by atoms with E-state index in [9.17, 15) is 14.4 Å². The Balaban J connectivity index is 1.60. The summed E-state index contributed by atoms with van der Waals surface area (Å²) < 4.78 is 42.7. The number of aromatic nitrogens is 4. The Morgan fingerprint density at radius 3 is 2.35 bits per heavy atom. The standard InChI is InChI=1S/C32H31F2N7O6S/c1-45-20-13-14-39(15-20)16-22-27-29(42)41(25-11-12-26(46-2)37-36-25)32(44)40(17-21-23(33)5-4-6-24(21)34)30(27)48-28(22)18-7-9-19(10-8-18)35-31(43)38-47-3/h4-12,20H,13-17H2,1-3H3,(H2,35,38,43)/t20-/m1/s1. The largest absolute Gasteiger partial charge is 0.480 e. The number of hydrogen-bond acceptors (Lipinski definition) is 10. The lowest BCUT2D eigenvalue weighted by Gasteiger charge is -2.17. The molecule has 0 unspecified atom stereocenters. The van der Waals surface area contributed by atoms with Gasteiger partial charge in [0.15, 0.2) is 5.82 Å². The molecule has 1 fully saturated rings. The average Bonchev–Trinajstić information content (AvgIpc) is 3.70. The summed E-state index contributed by atoms with van der Waals surface area (Å²) in [5.41, 5.74) is 2.13. The van der Waals surface area contributed by atoms with Crippen molar-refractivity contribution in [2.24, 2.45) is 0 Å². The zero-order valence-corrected chi connectivity index (χ0v) is 27.0. The van der Waals surface area contributed by atoms with E-state index in [-0.39, 0.29) is 33.6 Å². The number of nitrogens with zero attached hydrogens (tertiary/aromatic N) is 5. The molecule has 1 aliphatic rings. The monoisotopic (exact) mass is 679 g/mol. The second-order valence-corrected chi connectivity index (χ2v) is 12.0. The molecule has 0 radical (unpaired) electrons. The lowest BCUT2D eigenvalue weighted by molar-refractivity contribution is 0.107. The van der Waals surface area contributed by atoms with Crippen LogP contribution in [0.2, 0.25) is 0 Å². The first kappa shape index (κ1) is 32.9. The topological polar surface area (TPSA) is 142 Å². The second kappa shape index (κ2) is 14.0. The minimum absolute atomic E-state index is 0.00963. The van der Waals surface area contributed by atoms with Crippen molar-refractivity contribution >= 4 is 33.3 Å². The molecule has 3 aromatic heterocycles. The minimum atomic E-state index is -0.849. The van der Waals surface area contributed by atoms with E-state index in [1.165, 1.54) is 37.0 Å². The number of carbonyl (C=O) groups is 1. The molecular weight excluding hydrogens is 648 g/mol. The number of urea groups is 1. The van der Waals surface area contributed by atoms with Crippen molar-refractivity contribution in [2.75, 3.05) is 39.7 Å². The van der Waals surface area contributed by atoms with Crippen molar-refractivity contribution in [3.63, 3.8) is 0 Å². The van der Waals surface area contributed by atoms with E-state index in [1.54, 1.807) is 31.4 Å². The number of hydroxylamine groups is 1. The fraction of sp³-hybridized carbons (Fsp3) is 0.281. The number of methoxy groups -OCH3 is 2. The molecule has 2 amide bonds. The fourth-order valence-corrected chi connectivity index (χ4v) is 6.99. The summed E-state index contributed by atoms with van der Waals surface area (Å²) >= 11 is 1.16. The van der Waals surface area contributed by atoms with Gasteiger partial charge < -0.3 is 14.8 Å². The van der Waals surface area contributed by atoms with E-state index in [4.69, 9.17) is 9.47 Å². The number of hydrogen-bond donors (Lipinski definition) is 2. The smallest absolute Gasteiger partial charge is 0.343 e. The van der Waals surface area contributed by atoms with Gasteiger partial charge in [-0.2, -0.15) is 0 Å². The number of benzene rings is 2. The molecule has 250 valence electrons. The number of carbonyl (C=O) groups excluding carboxylic acids is 1. The Hall–Kier alpha value is -5.03. The number of ether oxygens (including phenoxy) is 2. The highest BCUT2D eigenvalue weighted by Crippen LogP contribution is 2.39. The molecule has 0 bridgehead atoms. The highest BCUT2D eigenvalue weighted by molar-refractivity contribution is 7.22. The molecule has 0 saturated carbocycles. The van der Waals surface area contributed by atoms with Crippen LogP contribution in [0.15, 0.2) is 64.2 Å². The van der Waals surface area contributed by atoms with Crippen LogP contribution in [0.5, 0.6) is 5.88 Å². The first-order valence-electron chi connectivity index (χ1n) is 14.8. The predicted octanol–water partition coefficient (Wildman–Crippen LogP) is 3.91. The normalized spacial score (nSPS) is 14.8. The van der Waals surface area contributed by atoms with Crippen LogP contribution in [-0.4, -0.2) is 70.8 Å². The first-order valence-corrected chi connectivity index (χ1v) is 15.6. The summed E-state index contributed by atoms with van der Waals surface area (Å²) in [4.78, 5) is 48.3. The number of fused-ring (bicyclic) bond motifs is 1. The number of likely N-dealkylation sites (tertiary alicyclic amines) is 1. The zero-order valence-electron chi connectivity index (χ0n) is 26.2. The van der Waals surface area contributed by atoms with Crippen molar-refractivity contribution in [1.82, 2.24) is 29.7 Å². The number of halogens is 2. The van der Waals surface area contributed by atoms with Gasteiger partial charge in [0, 0.05) is 48.9 Å². The molecule has 5 aromatic rings. The fourth-order valence-electron chi connectivity index (χ4n) is 5.69. The van der Waals surface area contributed by atoms with E-state index >= 15 is 8.78 Å². The number of thiophene rings is 1. The summed E-state index contributed by atoms with van der Waals surface area (Å²) in [5, 5.41) is 10.8. The van der Waals surface area contributed by atoms with Gasteiger partial charge in [0.1, 0.15) is 16.5 Å². The SMILES string of the molecule is CONC(=O)Nc1ccc(-c2sc3c(c2CN2CC[C@@H](OC)C2)c(=O)n(-c2ccc(OC)nn2)c(=O)n3Cc2c(F)cccc2F)cc1. The highest BCUT2D eigenvalue weighted by atomic mass is 32.1. The summed E-state index contributed by atoms with van der Waals surface area (Å²) in [6.45, 7) is 1.14. The van der Waals surface area contributed by atoms with Crippen LogP contribution >= 0.6 is 11.3 Å². The molecule has 48 heavy (non-hydrogen) atoms. The zero-order chi connectivity index (χ0) is 33.9. The van der Waals surface area contributed by atoms with Crippen molar-refractivity contribution in [3.05, 3.63) is 98.2 Å². The van der Waals surface area contributed by atoms with Gasteiger partial charge in [-0.25, -0.2) is 28.4 Å². The van der Waals surface area contributed by atoms with Crippen molar-refractivity contribution in [3.8, 4) is 22.1 Å². The van der Waals surface area contributed by atoms with Crippen LogP contribution in [0, 0.1) is 11.6 Å². The number of anilines is 1. The lowest BCUT2D eigenvalue weighted by atomic mass is 10.1. The van der Waals surface area contributed by atoms with Crippen molar-refractivity contribution in [1.29, 1.82) is 0 Å². The van der Waals surface area contributed by atoms with Gasteiger partial charge >= 0.3 is 11.7 Å². The summed E-state index contributed by atoms with van der Waals surface area (Å²) in [5.74, 6) is -1.59. The maximum Gasteiger partial charge on any atom is 0.343 e. The maximum absolute atomic E-state index is 15.0. The van der Waals surface area contributed by atoms with E-state index in [0.717, 1.165) is 34.5 Å². The Morgan fingerprint density at radius 2 is 1.73 bits per heavy atom. The Kier molecular flexibility index (Phi) is 9.58. The van der Waals surface area contributed by atoms with E-state index < -0.39 is 35.5 Å². The first-order chi connectivity index (χ1) is 23.2. The van der Waals surface area contributed by atoms with Gasteiger partial charge in [-0.15, -0.1) is 21.5 Å². The van der Waals surface area contributed by atoms with E-state index in [1.807, 2.05) is 0 Å². The highest BCUT2D eigenvalue weighted by Gasteiger charge is 2.29. The van der Waals surface area contributed by atoms with Crippen LogP contribution in [0.4, 0.5) is 19.3 Å². The van der Waals surface area contributed by atoms with Gasteiger partial charge in [-0.3, -0.25) is 19.1 Å². The molecule has 2 aromatic carbocycles. The minimum Gasteiger partial charge on any atom is -0.480 e. The molecule has 2 N–H and O–H groups in total. The molecule has 13 nitrogen and oxygen atoms in total.